The van der Waals surface area contributed by atoms with Gasteiger partial charge in [0.05, 0.1) is 17.2 Å². The number of nitrogens with zero attached hydrogens (tertiary/aromatic N) is 2. The second-order valence-corrected chi connectivity index (χ2v) is 8.40. The van der Waals surface area contributed by atoms with E-state index in [2.05, 4.69) is 31.1 Å². The van der Waals surface area contributed by atoms with E-state index in [1.54, 1.807) is 0 Å². The Bertz CT molecular complexity index is 901. The fourth-order valence-electron chi connectivity index (χ4n) is 5.08. The Labute approximate surface area is 147 Å². The fraction of sp³-hybridized carbons (Fsp3) is 0.550. The lowest BCUT2D eigenvalue weighted by atomic mass is 9.69. The number of para-hydroxylation sites is 2. The van der Waals surface area contributed by atoms with Gasteiger partial charge in [-0.3, -0.25) is 14.2 Å². The number of amides is 1. The molecule has 0 saturated heterocycles. The number of fused-ring (bicyclic) bond motifs is 3. The van der Waals surface area contributed by atoms with Gasteiger partial charge in [-0.15, -0.1) is 0 Å². The average Bonchev–Trinajstić information content (AvgIpc) is 2.91. The number of hydrogen-bond donors (Lipinski definition) is 1. The molecule has 132 valence electrons. The van der Waals surface area contributed by atoms with Gasteiger partial charge in [-0.1, -0.05) is 32.9 Å². The minimum absolute atomic E-state index is 0.0412. The maximum Gasteiger partial charge on any atom is 0.269 e. The zero-order valence-corrected chi connectivity index (χ0v) is 15.1. The van der Waals surface area contributed by atoms with Crippen LogP contribution in [0.5, 0.6) is 0 Å². The summed E-state index contributed by atoms with van der Waals surface area (Å²) in [5, 5.41) is 3.23. The number of nitrogens with one attached hydrogen (secondary N) is 1. The van der Waals surface area contributed by atoms with Crippen molar-refractivity contribution in [2.24, 2.45) is 16.7 Å². The van der Waals surface area contributed by atoms with Crippen LogP contribution in [0.25, 0.3) is 11.0 Å². The smallest absolute Gasteiger partial charge is 0.269 e. The highest BCUT2D eigenvalue weighted by atomic mass is 16.2. The van der Waals surface area contributed by atoms with Gasteiger partial charge in [0.1, 0.15) is 6.54 Å². The molecule has 0 unspecified atom stereocenters. The first-order valence-electron chi connectivity index (χ1n) is 9.07. The molecule has 1 N–H and O–H groups in total. The predicted molar refractivity (Wildman–Crippen MR) is 97.2 cm³/mol. The number of benzene rings is 1. The maximum atomic E-state index is 12.7. The number of rotatable bonds is 3. The van der Waals surface area contributed by atoms with Crippen LogP contribution in [0.3, 0.4) is 0 Å². The third-order valence-corrected chi connectivity index (χ3v) is 7.18. The van der Waals surface area contributed by atoms with E-state index in [0.29, 0.717) is 11.4 Å². The normalized spacial score (nSPS) is 29.9. The molecule has 2 aliphatic carbocycles. The standard InChI is InChI=1S/C20H25N3O2/c1-19(2)13-8-9-20(19,3)16(10-13)22-17(24)12-23-15-7-5-4-6-14(15)21-11-18(23)25/h4-7,11,13,16H,8-10,12H2,1-3H3,(H,22,24)/t13-,16-,20-/m1/s1. The van der Waals surface area contributed by atoms with Crippen molar-refractivity contribution in [3.05, 3.63) is 40.8 Å². The van der Waals surface area contributed by atoms with Gasteiger partial charge in [0, 0.05) is 6.04 Å². The van der Waals surface area contributed by atoms with Crippen molar-refractivity contribution < 1.29 is 4.79 Å². The van der Waals surface area contributed by atoms with Gasteiger partial charge in [0.2, 0.25) is 5.91 Å². The minimum atomic E-state index is -0.242. The van der Waals surface area contributed by atoms with Crippen LogP contribution < -0.4 is 10.9 Å². The number of hydrogen-bond acceptors (Lipinski definition) is 3. The Morgan fingerprint density at radius 1 is 1.32 bits per heavy atom. The van der Waals surface area contributed by atoms with Crippen LogP contribution in [0.15, 0.2) is 35.3 Å². The summed E-state index contributed by atoms with van der Waals surface area (Å²) in [6, 6.07) is 7.61. The van der Waals surface area contributed by atoms with Crippen LogP contribution in [0.4, 0.5) is 0 Å². The molecule has 0 radical (unpaired) electrons. The predicted octanol–water partition coefficient (Wildman–Crippen LogP) is 2.73. The average molecular weight is 339 g/mol. The Morgan fingerprint density at radius 3 is 2.76 bits per heavy atom. The highest BCUT2D eigenvalue weighted by Crippen LogP contribution is 2.65. The first-order valence-corrected chi connectivity index (χ1v) is 9.07. The summed E-state index contributed by atoms with van der Waals surface area (Å²) in [7, 11) is 0. The molecule has 0 spiro atoms. The van der Waals surface area contributed by atoms with Gasteiger partial charge in [0.15, 0.2) is 0 Å². The van der Waals surface area contributed by atoms with E-state index in [1.807, 2.05) is 24.3 Å². The molecule has 1 heterocycles. The molecule has 1 aromatic carbocycles. The Kier molecular flexibility index (Phi) is 3.53. The Balaban J connectivity index is 1.57. The molecule has 2 bridgehead atoms. The largest absolute Gasteiger partial charge is 0.351 e. The topological polar surface area (TPSA) is 64.0 Å². The van der Waals surface area contributed by atoms with Crippen LogP contribution in [-0.2, 0) is 11.3 Å². The lowest BCUT2D eigenvalue weighted by molar-refractivity contribution is -0.123. The molecular weight excluding hydrogens is 314 g/mol. The van der Waals surface area contributed by atoms with Crippen molar-refractivity contribution in [2.45, 2.75) is 52.6 Å². The molecule has 1 aromatic heterocycles. The van der Waals surface area contributed by atoms with Crippen LogP contribution >= 0.6 is 0 Å². The first kappa shape index (κ1) is 16.3. The zero-order valence-electron chi connectivity index (χ0n) is 15.1. The van der Waals surface area contributed by atoms with Gasteiger partial charge in [0.25, 0.3) is 5.56 Å². The molecule has 3 atom stereocenters. The molecule has 2 fully saturated rings. The van der Waals surface area contributed by atoms with E-state index in [-0.39, 0.29) is 34.9 Å². The fourth-order valence-corrected chi connectivity index (χ4v) is 5.08. The molecule has 2 aliphatic rings. The lowest BCUT2D eigenvalue weighted by Gasteiger charge is -2.39. The molecule has 2 aromatic rings. The van der Waals surface area contributed by atoms with Gasteiger partial charge in [-0.25, -0.2) is 4.98 Å². The lowest BCUT2D eigenvalue weighted by Crippen LogP contribution is -2.48. The highest BCUT2D eigenvalue weighted by Gasteiger charge is 2.61. The van der Waals surface area contributed by atoms with Crippen molar-refractivity contribution in [2.75, 3.05) is 0 Å². The van der Waals surface area contributed by atoms with Gasteiger partial charge < -0.3 is 5.32 Å². The summed E-state index contributed by atoms with van der Waals surface area (Å²) in [6.07, 6.45) is 4.75. The first-order chi connectivity index (χ1) is 11.8. The van der Waals surface area contributed by atoms with E-state index < -0.39 is 0 Å². The monoisotopic (exact) mass is 339 g/mol. The molecule has 5 heteroatoms. The van der Waals surface area contributed by atoms with Crippen molar-refractivity contribution in [3.63, 3.8) is 0 Å². The number of aromatic nitrogens is 2. The number of carbonyl (C=O) groups is 1. The summed E-state index contributed by atoms with van der Waals surface area (Å²) >= 11 is 0. The van der Waals surface area contributed by atoms with Crippen LogP contribution in [0, 0.1) is 16.7 Å². The van der Waals surface area contributed by atoms with E-state index in [4.69, 9.17) is 0 Å². The molecule has 0 aliphatic heterocycles. The summed E-state index contributed by atoms with van der Waals surface area (Å²) in [5.41, 5.74) is 1.57. The van der Waals surface area contributed by atoms with Crippen LogP contribution in [0.2, 0.25) is 0 Å². The third-order valence-electron chi connectivity index (χ3n) is 7.18. The van der Waals surface area contributed by atoms with Crippen molar-refractivity contribution in [1.82, 2.24) is 14.9 Å². The van der Waals surface area contributed by atoms with Gasteiger partial charge in [-0.05, 0) is 48.1 Å². The quantitative estimate of drug-likeness (QED) is 0.935. The van der Waals surface area contributed by atoms with Gasteiger partial charge in [-0.2, -0.15) is 0 Å². The zero-order chi connectivity index (χ0) is 17.8. The van der Waals surface area contributed by atoms with Crippen LogP contribution in [-0.4, -0.2) is 21.5 Å². The van der Waals surface area contributed by atoms with Crippen molar-refractivity contribution >= 4 is 16.9 Å². The molecule has 1 amide bonds. The summed E-state index contributed by atoms with van der Waals surface area (Å²) in [5.74, 6) is 0.584. The van der Waals surface area contributed by atoms with Crippen LogP contribution in [0.1, 0.15) is 40.0 Å². The van der Waals surface area contributed by atoms with Crippen molar-refractivity contribution in [1.29, 1.82) is 0 Å². The summed E-state index contributed by atoms with van der Waals surface area (Å²) in [4.78, 5) is 29.1. The highest BCUT2D eigenvalue weighted by molar-refractivity contribution is 5.80. The molecule has 4 rings (SSSR count). The van der Waals surface area contributed by atoms with E-state index in [9.17, 15) is 9.59 Å². The Hall–Kier alpha value is -2.17. The van der Waals surface area contributed by atoms with Crippen molar-refractivity contribution in [3.8, 4) is 0 Å². The second kappa shape index (κ2) is 5.41. The minimum Gasteiger partial charge on any atom is -0.351 e. The van der Waals surface area contributed by atoms with Gasteiger partial charge >= 0.3 is 0 Å². The number of carbonyl (C=O) groups excluding carboxylic acids is 1. The molecule has 2 saturated carbocycles. The third kappa shape index (κ3) is 2.32. The maximum absolute atomic E-state index is 12.7. The molecule has 5 nitrogen and oxygen atoms in total. The van der Waals surface area contributed by atoms with E-state index >= 15 is 0 Å². The summed E-state index contributed by atoms with van der Waals surface area (Å²) < 4.78 is 1.51. The molecular formula is C20H25N3O2. The SMILES string of the molecule is CC1(C)[C@@H]2CC[C@]1(C)[C@H](NC(=O)Cn1c(=O)cnc3ccccc31)C2. The Morgan fingerprint density at radius 2 is 2.08 bits per heavy atom. The second-order valence-electron chi connectivity index (χ2n) is 8.40. The van der Waals surface area contributed by atoms with E-state index in [1.165, 1.54) is 17.2 Å². The van der Waals surface area contributed by atoms with E-state index in [0.717, 1.165) is 18.4 Å². The molecule has 25 heavy (non-hydrogen) atoms. The summed E-state index contributed by atoms with van der Waals surface area (Å²) in [6.45, 7) is 7.01.